The van der Waals surface area contributed by atoms with Gasteiger partial charge in [-0.1, -0.05) is 41.4 Å². The number of benzene rings is 2. The SMILES string of the molecule is Cl.O=[N+]([O-])c1cccc(CNCCc2ccc(Cl)cc2Cl)c1. The molecule has 0 aliphatic rings. The van der Waals surface area contributed by atoms with Crippen molar-refractivity contribution in [2.45, 2.75) is 13.0 Å². The van der Waals surface area contributed by atoms with Gasteiger partial charge in [-0.2, -0.15) is 0 Å². The minimum absolute atomic E-state index is 0. The molecule has 2 aromatic rings. The van der Waals surface area contributed by atoms with Crippen LogP contribution in [0.15, 0.2) is 42.5 Å². The lowest BCUT2D eigenvalue weighted by Crippen LogP contribution is -2.16. The van der Waals surface area contributed by atoms with E-state index in [0.29, 0.717) is 16.6 Å². The van der Waals surface area contributed by atoms with E-state index < -0.39 is 4.92 Å². The van der Waals surface area contributed by atoms with Crippen LogP contribution in [-0.4, -0.2) is 11.5 Å². The average Bonchev–Trinajstić information content (AvgIpc) is 2.45. The Labute approximate surface area is 145 Å². The summed E-state index contributed by atoms with van der Waals surface area (Å²) in [5.74, 6) is 0. The molecule has 4 nitrogen and oxygen atoms in total. The second-order valence-corrected chi connectivity index (χ2v) is 5.43. The number of hydrogen-bond donors (Lipinski definition) is 1. The van der Waals surface area contributed by atoms with Crippen molar-refractivity contribution in [1.82, 2.24) is 5.32 Å². The van der Waals surface area contributed by atoms with E-state index in [9.17, 15) is 10.1 Å². The van der Waals surface area contributed by atoms with Crippen LogP contribution in [0.4, 0.5) is 5.69 Å². The molecule has 0 saturated heterocycles. The Morgan fingerprint density at radius 3 is 2.59 bits per heavy atom. The van der Waals surface area contributed by atoms with E-state index >= 15 is 0 Å². The first-order valence-electron chi connectivity index (χ1n) is 6.44. The number of rotatable bonds is 6. The number of non-ortho nitro benzene ring substituents is 1. The predicted molar refractivity (Wildman–Crippen MR) is 92.2 cm³/mol. The van der Waals surface area contributed by atoms with Crippen molar-refractivity contribution in [3.63, 3.8) is 0 Å². The average molecular weight is 362 g/mol. The van der Waals surface area contributed by atoms with Gasteiger partial charge in [0.2, 0.25) is 0 Å². The van der Waals surface area contributed by atoms with Crippen LogP contribution >= 0.6 is 35.6 Å². The van der Waals surface area contributed by atoms with Gasteiger partial charge in [0, 0.05) is 28.7 Å². The van der Waals surface area contributed by atoms with Crippen molar-refractivity contribution >= 4 is 41.3 Å². The van der Waals surface area contributed by atoms with E-state index in [1.807, 2.05) is 18.2 Å². The van der Waals surface area contributed by atoms with E-state index in [4.69, 9.17) is 23.2 Å². The van der Waals surface area contributed by atoms with Gasteiger partial charge in [-0.05, 0) is 36.2 Å². The zero-order valence-electron chi connectivity index (χ0n) is 11.6. The molecule has 7 heteroatoms. The molecule has 0 fully saturated rings. The first-order valence-corrected chi connectivity index (χ1v) is 7.20. The second kappa shape index (κ2) is 8.96. The molecule has 0 amide bonds. The van der Waals surface area contributed by atoms with Gasteiger partial charge in [0.25, 0.3) is 5.69 Å². The Morgan fingerprint density at radius 2 is 1.91 bits per heavy atom. The fraction of sp³-hybridized carbons (Fsp3) is 0.200. The van der Waals surface area contributed by atoms with Gasteiger partial charge in [-0.3, -0.25) is 10.1 Å². The van der Waals surface area contributed by atoms with Crippen LogP contribution in [0.3, 0.4) is 0 Å². The summed E-state index contributed by atoms with van der Waals surface area (Å²) in [6, 6.07) is 12.0. The fourth-order valence-corrected chi connectivity index (χ4v) is 2.46. The molecule has 2 aromatic carbocycles. The fourth-order valence-electron chi connectivity index (χ4n) is 1.96. The van der Waals surface area contributed by atoms with Gasteiger partial charge < -0.3 is 5.32 Å². The number of nitrogens with one attached hydrogen (secondary N) is 1. The summed E-state index contributed by atoms with van der Waals surface area (Å²) >= 11 is 11.9. The van der Waals surface area contributed by atoms with Crippen molar-refractivity contribution in [2.24, 2.45) is 0 Å². The summed E-state index contributed by atoms with van der Waals surface area (Å²) in [5.41, 5.74) is 2.01. The third kappa shape index (κ3) is 5.46. The minimum atomic E-state index is -0.392. The monoisotopic (exact) mass is 360 g/mol. The maximum absolute atomic E-state index is 10.7. The molecule has 2 rings (SSSR count). The van der Waals surface area contributed by atoms with Crippen LogP contribution in [-0.2, 0) is 13.0 Å². The lowest BCUT2D eigenvalue weighted by atomic mass is 10.1. The molecule has 22 heavy (non-hydrogen) atoms. The summed E-state index contributed by atoms with van der Waals surface area (Å²) in [6.07, 6.45) is 0.769. The highest BCUT2D eigenvalue weighted by Crippen LogP contribution is 2.21. The van der Waals surface area contributed by atoms with Crippen LogP contribution in [0.1, 0.15) is 11.1 Å². The largest absolute Gasteiger partial charge is 0.312 e. The predicted octanol–water partition coefficient (Wildman–Crippen LogP) is 4.66. The molecule has 0 aliphatic heterocycles. The smallest absolute Gasteiger partial charge is 0.269 e. The highest BCUT2D eigenvalue weighted by atomic mass is 35.5. The second-order valence-electron chi connectivity index (χ2n) is 4.59. The maximum Gasteiger partial charge on any atom is 0.269 e. The molecule has 118 valence electrons. The zero-order chi connectivity index (χ0) is 15.2. The Hall–Kier alpha value is -1.33. The summed E-state index contributed by atoms with van der Waals surface area (Å²) in [6.45, 7) is 1.30. The molecule has 0 aromatic heterocycles. The molecule has 0 unspecified atom stereocenters. The molecule has 0 atom stereocenters. The lowest BCUT2D eigenvalue weighted by Gasteiger charge is -2.07. The Kier molecular flexibility index (Phi) is 7.62. The summed E-state index contributed by atoms with van der Waals surface area (Å²) in [4.78, 5) is 10.3. The molecule has 0 radical (unpaired) electrons. The standard InChI is InChI=1S/C15H14Cl2N2O2.ClH/c16-13-5-4-12(15(17)9-13)6-7-18-10-11-2-1-3-14(8-11)19(20)21;/h1-5,8-9,18H,6-7,10H2;1H. The van der Waals surface area contributed by atoms with E-state index in [0.717, 1.165) is 24.1 Å². The summed E-state index contributed by atoms with van der Waals surface area (Å²) in [7, 11) is 0. The molecular formula is C15H15Cl3N2O2. The molecule has 1 N–H and O–H groups in total. The van der Waals surface area contributed by atoms with E-state index in [2.05, 4.69) is 5.32 Å². The zero-order valence-corrected chi connectivity index (χ0v) is 13.9. The van der Waals surface area contributed by atoms with Gasteiger partial charge in [0.15, 0.2) is 0 Å². The minimum Gasteiger partial charge on any atom is -0.312 e. The van der Waals surface area contributed by atoms with Crippen LogP contribution in [0.2, 0.25) is 10.0 Å². The Bertz CT molecular complexity index is 650. The van der Waals surface area contributed by atoms with Crippen LogP contribution in [0, 0.1) is 10.1 Å². The molecule has 0 spiro atoms. The van der Waals surface area contributed by atoms with Crippen molar-refractivity contribution in [1.29, 1.82) is 0 Å². The van der Waals surface area contributed by atoms with E-state index in [1.54, 1.807) is 18.2 Å². The van der Waals surface area contributed by atoms with Crippen molar-refractivity contribution in [3.05, 3.63) is 73.8 Å². The summed E-state index contributed by atoms with van der Waals surface area (Å²) in [5, 5.41) is 15.2. The highest BCUT2D eigenvalue weighted by Gasteiger charge is 2.05. The molecule has 0 aliphatic carbocycles. The number of nitrogens with zero attached hydrogens (tertiary/aromatic N) is 1. The lowest BCUT2D eigenvalue weighted by molar-refractivity contribution is -0.384. The van der Waals surface area contributed by atoms with Gasteiger partial charge in [0.1, 0.15) is 0 Å². The van der Waals surface area contributed by atoms with Crippen molar-refractivity contribution in [3.8, 4) is 0 Å². The first-order chi connectivity index (χ1) is 10.1. The van der Waals surface area contributed by atoms with Gasteiger partial charge in [-0.15, -0.1) is 12.4 Å². The van der Waals surface area contributed by atoms with Crippen LogP contribution < -0.4 is 5.32 Å². The Morgan fingerprint density at radius 1 is 1.14 bits per heavy atom. The molecular weight excluding hydrogens is 347 g/mol. The first kappa shape index (κ1) is 18.7. The van der Waals surface area contributed by atoms with Crippen molar-refractivity contribution in [2.75, 3.05) is 6.54 Å². The topological polar surface area (TPSA) is 55.2 Å². The van der Waals surface area contributed by atoms with Crippen LogP contribution in [0.5, 0.6) is 0 Å². The van der Waals surface area contributed by atoms with Gasteiger partial charge in [-0.25, -0.2) is 0 Å². The molecule has 0 bridgehead atoms. The summed E-state index contributed by atoms with van der Waals surface area (Å²) < 4.78 is 0. The van der Waals surface area contributed by atoms with Gasteiger partial charge in [0.05, 0.1) is 4.92 Å². The van der Waals surface area contributed by atoms with Crippen LogP contribution in [0.25, 0.3) is 0 Å². The quantitative estimate of drug-likeness (QED) is 0.462. The van der Waals surface area contributed by atoms with Crippen molar-refractivity contribution < 1.29 is 4.92 Å². The normalized spacial score (nSPS) is 10.1. The Balaban J connectivity index is 0.00000242. The van der Waals surface area contributed by atoms with Gasteiger partial charge >= 0.3 is 0 Å². The number of halogens is 3. The highest BCUT2D eigenvalue weighted by molar-refractivity contribution is 6.35. The number of hydrogen-bond acceptors (Lipinski definition) is 3. The number of nitro groups is 1. The number of nitro benzene ring substituents is 1. The third-order valence-corrected chi connectivity index (χ3v) is 3.62. The third-order valence-electron chi connectivity index (χ3n) is 3.04. The van der Waals surface area contributed by atoms with E-state index in [1.165, 1.54) is 6.07 Å². The molecule has 0 heterocycles. The maximum atomic E-state index is 10.7. The molecule has 0 saturated carbocycles. The van der Waals surface area contributed by atoms with E-state index in [-0.39, 0.29) is 18.1 Å².